The summed E-state index contributed by atoms with van der Waals surface area (Å²) in [6.45, 7) is 0.542. The van der Waals surface area contributed by atoms with Crippen molar-refractivity contribution >= 4 is 0 Å². The van der Waals surface area contributed by atoms with E-state index in [9.17, 15) is 9.50 Å². The minimum atomic E-state index is -0.361. The van der Waals surface area contributed by atoms with Crippen LogP contribution in [0.4, 0.5) is 4.39 Å². The summed E-state index contributed by atoms with van der Waals surface area (Å²) in [6, 6.07) is 4.34. The van der Waals surface area contributed by atoms with E-state index in [1.165, 1.54) is 50.7 Å². The predicted molar refractivity (Wildman–Crippen MR) is 78.2 cm³/mol. The van der Waals surface area contributed by atoms with Gasteiger partial charge in [0.2, 0.25) is 0 Å². The number of phenols is 1. The van der Waals surface area contributed by atoms with Crippen molar-refractivity contribution in [3.05, 3.63) is 23.5 Å². The Kier molecular flexibility index (Phi) is 3.29. The molecule has 0 amide bonds. The first-order valence-corrected chi connectivity index (χ1v) is 8.14. The molecule has 21 heavy (non-hydrogen) atoms. The minimum absolute atomic E-state index is 0.165. The van der Waals surface area contributed by atoms with Crippen LogP contribution in [-0.2, 0) is 6.42 Å². The van der Waals surface area contributed by atoms with Crippen LogP contribution in [0.5, 0.6) is 11.5 Å². The summed E-state index contributed by atoms with van der Waals surface area (Å²) in [7, 11) is 0. The van der Waals surface area contributed by atoms with Gasteiger partial charge in [0.25, 0.3) is 0 Å². The third kappa shape index (κ3) is 2.20. The molecule has 1 aliphatic heterocycles. The van der Waals surface area contributed by atoms with Gasteiger partial charge in [0.15, 0.2) is 11.6 Å². The quantitative estimate of drug-likeness (QED) is 0.928. The molecule has 4 rings (SSSR count). The monoisotopic (exact) mass is 291 g/mol. The van der Waals surface area contributed by atoms with E-state index in [1.807, 2.05) is 0 Å². The molecule has 4 heteroatoms. The molecule has 114 valence electrons. The number of rotatable bonds is 3. The van der Waals surface area contributed by atoms with Crippen LogP contribution in [0, 0.1) is 5.82 Å². The second kappa shape index (κ2) is 5.16. The van der Waals surface area contributed by atoms with Crippen LogP contribution in [0.1, 0.15) is 44.1 Å². The fourth-order valence-electron chi connectivity index (χ4n) is 3.87. The Morgan fingerprint density at radius 2 is 1.71 bits per heavy atom. The third-order valence-electron chi connectivity index (χ3n) is 5.46. The molecule has 0 unspecified atom stereocenters. The third-order valence-corrected chi connectivity index (χ3v) is 5.46. The van der Waals surface area contributed by atoms with Gasteiger partial charge in [-0.25, -0.2) is 4.39 Å². The van der Waals surface area contributed by atoms with Crippen molar-refractivity contribution in [3.8, 4) is 11.5 Å². The van der Waals surface area contributed by atoms with Crippen LogP contribution in [0.25, 0.3) is 0 Å². The molecule has 1 aromatic rings. The first kappa shape index (κ1) is 13.4. The smallest absolute Gasteiger partial charge is 0.165 e. The van der Waals surface area contributed by atoms with Gasteiger partial charge in [-0.15, -0.1) is 0 Å². The zero-order valence-corrected chi connectivity index (χ0v) is 12.2. The van der Waals surface area contributed by atoms with Gasteiger partial charge < -0.3 is 9.84 Å². The van der Waals surface area contributed by atoms with Gasteiger partial charge in [0, 0.05) is 23.7 Å². The Morgan fingerprint density at radius 1 is 1.05 bits per heavy atom. The largest absolute Gasteiger partial charge is 0.508 e. The summed E-state index contributed by atoms with van der Waals surface area (Å²) in [5.41, 5.74) is 0.648. The molecule has 1 N–H and O–H groups in total. The summed E-state index contributed by atoms with van der Waals surface area (Å²) in [5.74, 6) is 0.0618. The van der Waals surface area contributed by atoms with Crippen LogP contribution in [0.3, 0.4) is 0 Å². The number of hydrogen-bond acceptors (Lipinski definition) is 3. The summed E-state index contributed by atoms with van der Waals surface area (Å²) in [6.07, 6.45) is 8.43. The molecule has 1 heterocycles. The Hall–Kier alpha value is -1.29. The maximum absolute atomic E-state index is 13.8. The number of phenolic OH excluding ortho intramolecular Hbond substituents is 1. The lowest BCUT2D eigenvalue weighted by molar-refractivity contribution is -0.0196. The van der Waals surface area contributed by atoms with Crippen molar-refractivity contribution in [1.29, 1.82) is 0 Å². The van der Waals surface area contributed by atoms with E-state index >= 15 is 0 Å². The van der Waals surface area contributed by atoms with Gasteiger partial charge in [-0.2, -0.15) is 0 Å². The standard InChI is InChI=1S/C17H22FNO2/c18-15-7-8-16(20)14-9-13(10-21-17(14)15)19(11-3-1-4-11)12-5-2-6-12/h7-8,11-13,20H,1-6,9-10H2/t13-/m1/s1. The molecule has 3 nitrogen and oxygen atoms in total. The van der Waals surface area contributed by atoms with Crippen molar-refractivity contribution in [1.82, 2.24) is 4.90 Å². The van der Waals surface area contributed by atoms with Crippen molar-refractivity contribution in [2.75, 3.05) is 6.61 Å². The number of nitrogens with zero attached hydrogens (tertiary/aromatic N) is 1. The van der Waals surface area contributed by atoms with E-state index < -0.39 is 0 Å². The lowest BCUT2D eigenvalue weighted by Gasteiger charge is -2.50. The first-order chi connectivity index (χ1) is 10.2. The van der Waals surface area contributed by atoms with E-state index in [-0.39, 0.29) is 23.4 Å². The Bertz CT molecular complexity index is 526. The molecule has 0 radical (unpaired) electrons. The van der Waals surface area contributed by atoms with E-state index in [0.29, 0.717) is 30.7 Å². The van der Waals surface area contributed by atoms with Crippen LogP contribution >= 0.6 is 0 Å². The molecule has 2 fully saturated rings. The second-order valence-corrected chi connectivity index (χ2v) is 6.66. The fourth-order valence-corrected chi connectivity index (χ4v) is 3.87. The van der Waals surface area contributed by atoms with Crippen LogP contribution in [-0.4, -0.2) is 34.7 Å². The molecule has 1 atom stereocenters. The fraction of sp³-hybridized carbons (Fsp3) is 0.647. The van der Waals surface area contributed by atoms with Gasteiger partial charge >= 0.3 is 0 Å². The maximum atomic E-state index is 13.8. The number of ether oxygens (including phenoxy) is 1. The topological polar surface area (TPSA) is 32.7 Å². The highest BCUT2D eigenvalue weighted by atomic mass is 19.1. The SMILES string of the molecule is Oc1ccc(F)c2c1C[C@@H](N(C1CCC1)C1CCC1)CO2. The van der Waals surface area contributed by atoms with Crippen LogP contribution in [0.15, 0.2) is 12.1 Å². The summed E-state index contributed by atoms with van der Waals surface area (Å²) in [4.78, 5) is 2.63. The van der Waals surface area contributed by atoms with E-state index in [2.05, 4.69) is 4.90 Å². The molecular weight excluding hydrogens is 269 g/mol. The predicted octanol–water partition coefficient (Wildman–Crippen LogP) is 3.24. The van der Waals surface area contributed by atoms with Gasteiger partial charge in [0.1, 0.15) is 12.4 Å². The van der Waals surface area contributed by atoms with Crippen LogP contribution in [0.2, 0.25) is 0 Å². The average Bonchev–Trinajstić information content (AvgIpc) is 2.38. The Balaban J connectivity index is 1.59. The highest BCUT2D eigenvalue weighted by Gasteiger charge is 2.40. The average molecular weight is 291 g/mol. The van der Waals surface area contributed by atoms with Gasteiger partial charge in [-0.1, -0.05) is 12.8 Å². The normalized spacial score (nSPS) is 25.9. The summed E-state index contributed by atoms with van der Waals surface area (Å²) < 4.78 is 19.5. The molecule has 0 spiro atoms. The second-order valence-electron chi connectivity index (χ2n) is 6.66. The minimum Gasteiger partial charge on any atom is -0.508 e. The van der Waals surface area contributed by atoms with Gasteiger partial charge in [-0.05, 0) is 44.2 Å². The van der Waals surface area contributed by atoms with Crippen molar-refractivity contribution in [3.63, 3.8) is 0 Å². The number of aromatic hydroxyl groups is 1. The molecule has 0 saturated heterocycles. The Labute approximate surface area is 124 Å². The molecule has 0 aromatic heterocycles. The molecule has 2 aliphatic carbocycles. The number of hydrogen-bond donors (Lipinski definition) is 1. The molecule has 1 aromatic carbocycles. The van der Waals surface area contributed by atoms with E-state index in [4.69, 9.17) is 4.74 Å². The van der Waals surface area contributed by atoms with Crippen molar-refractivity contribution in [2.45, 2.75) is 63.1 Å². The number of fused-ring (bicyclic) bond motifs is 1. The zero-order chi connectivity index (χ0) is 14.4. The highest BCUT2D eigenvalue weighted by molar-refractivity contribution is 5.46. The summed E-state index contributed by atoms with van der Waals surface area (Å²) >= 11 is 0. The van der Waals surface area contributed by atoms with E-state index in [0.717, 1.165) is 0 Å². The number of benzene rings is 1. The highest BCUT2D eigenvalue weighted by Crippen LogP contribution is 2.40. The van der Waals surface area contributed by atoms with Gasteiger partial charge in [-0.3, -0.25) is 4.90 Å². The first-order valence-electron chi connectivity index (χ1n) is 8.14. The van der Waals surface area contributed by atoms with Crippen molar-refractivity contribution in [2.24, 2.45) is 0 Å². The zero-order valence-electron chi connectivity index (χ0n) is 12.2. The molecule has 0 bridgehead atoms. The van der Waals surface area contributed by atoms with Crippen LogP contribution < -0.4 is 4.74 Å². The summed E-state index contributed by atoms with van der Waals surface area (Å²) in [5, 5.41) is 10.0. The molecular formula is C17H22FNO2. The molecule has 3 aliphatic rings. The van der Waals surface area contributed by atoms with Gasteiger partial charge in [0.05, 0.1) is 0 Å². The maximum Gasteiger partial charge on any atom is 0.165 e. The number of halogens is 1. The lowest BCUT2D eigenvalue weighted by Crippen LogP contribution is -2.57. The van der Waals surface area contributed by atoms with Crippen molar-refractivity contribution < 1.29 is 14.2 Å². The van der Waals surface area contributed by atoms with E-state index in [1.54, 1.807) is 0 Å². The molecule has 2 saturated carbocycles. The Morgan fingerprint density at radius 3 is 2.29 bits per heavy atom. The lowest BCUT2D eigenvalue weighted by atomic mass is 9.82.